The van der Waals surface area contributed by atoms with Crippen molar-refractivity contribution >= 4 is 12.4 Å². The van der Waals surface area contributed by atoms with Crippen LogP contribution >= 0.6 is 0 Å². The van der Waals surface area contributed by atoms with Gasteiger partial charge in [-0.25, -0.2) is 4.39 Å². The fraction of sp³-hybridized carbons (Fsp3) is 0.556. The summed E-state index contributed by atoms with van der Waals surface area (Å²) in [6.45, 7) is 2.82. The summed E-state index contributed by atoms with van der Waals surface area (Å²) in [5.41, 5.74) is 0.0211. The summed E-state index contributed by atoms with van der Waals surface area (Å²) in [4.78, 5) is 10.9. The standard InChI is InChI=1S/C18H24FN3O/c19-16-6-4-15(5-7-16)18(23)8-13-22(14-9-18)12-2-1-3-17-20-10-11-21-17/h4-7,10-11,17,23H,1-3,8-9,12-14H2. The van der Waals surface area contributed by atoms with E-state index in [4.69, 9.17) is 0 Å². The number of aliphatic imine (C=N–C) groups is 2. The number of aliphatic hydroxyl groups is 1. The number of unbranched alkanes of at least 4 members (excludes halogenated alkanes) is 1. The van der Waals surface area contributed by atoms with Crippen LogP contribution in [0.25, 0.3) is 0 Å². The van der Waals surface area contributed by atoms with Gasteiger partial charge in [-0.2, -0.15) is 0 Å². The van der Waals surface area contributed by atoms with E-state index >= 15 is 0 Å². The van der Waals surface area contributed by atoms with Gasteiger partial charge in [0.15, 0.2) is 0 Å². The zero-order valence-electron chi connectivity index (χ0n) is 13.4. The van der Waals surface area contributed by atoms with Gasteiger partial charge in [0.1, 0.15) is 12.0 Å². The van der Waals surface area contributed by atoms with Gasteiger partial charge >= 0.3 is 0 Å². The molecular formula is C18H24FN3O. The average Bonchev–Trinajstić information content (AvgIpc) is 3.07. The molecule has 0 aliphatic carbocycles. The molecule has 0 bridgehead atoms. The molecule has 0 atom stereocenters. The van der Waals surface area contributed by atoms with E-state index in [-0.39, 0.29) is 12.0 Å². The SMILES string of the molecule is OC1(c2ccc(F)cc2)CCN(CCCCC2N=CC=N2)CC1. The maximum absolute atomic E-state index is 13.0. The number of piperidine rings is 1. The molecule has 1 fully saturated rings. The van der Waals surface area contributed by atoms with Crippen LogP contribution in [0.1, 0.15) is 37.7 Å². The monoisotopic (exact) mass is 317 g/mol. The zero-order chi connectivity index (χ0) is 16.1. The van der Waals surface area contributed by atoms with Gasteiger partial charge in [0.2, 0.25) is 0 Å². The molecule has 124 valence electrons. The maximum atomic E-state index is 13.0. The van der Waals surface area contributed by atoms with Crippen LogP contribution < -0.4 is 0 Å². The number of hydrogen-bond acceptors (Lipinski definition) is 4. The van der Waals surface area contributed by atoms with Crippen LogP contribution in [0.3, 0.4) is 0 Å². The summed E-state index contributed by atoms with van der Waals surface area (Å²) in [5, 5.41) is 10.8. The average molecular weight is 317 g/mol. The van der Waals surface area contributed by atoms with Crippen molar-refractivity contribution in [2.75, 3.05) is 19.6 Å². The van der Waals surface area contributed by atoms with Gasteiger partial charge in [-0.15, -0.1) is 0 Å². The highest BCUT2D eigenvalue weighted by molar-refractivity contribution is 6.17. The molecule has 1 saturated heterocycles. The molecule has 0 amide bonds. The van der Waals surface area contributed by atoms with Gasteiger partial charge in [-0.05, 0) is 56.3 Å². The van der Waals surface area contributed by atoms with Crippen LogP contribution in [-0.2, 0) is 5.60 Å². The third kappa shape index (κ3) is 4.24. The fourth-order valence-electron chi connectivity index (χ4n) is 3.32. The Morgan fingerprint density at radius 3 is 2.39 bits per heavy atom. The van der Waals surface area contributed by atoms with E-state index in [1.165, 1.54) is 12.1 Å². The van der Waals surface area contributed by atoms with E-state index in [2.05, 4.69) is 14.9 Å². The number of hydrogen-bond donors (Lipinski definition) is 1. The van der Waals surface area contributed by atoms with Gasteiger partial charge in [-0.3, -0.25) is 9.98 Å². The molecule has 1 N–H and O–H groups in total. The molecule has 2 aliphatic heterocycles. The van der Waals surface area contributed by atoms with Crippen molar-refractivity contribution in [3.63, 3.8) is 0 Å². The number of benzene rings is 1. The number of nitrogens with zero attached hydrogens (tertiary/aromatic N) is 3. The smallest absolute Gasteiger partial charge is 0.139 e. The molecule has 4 nitrogen and oxygen atoms in total. The second-order valence-corrected chi connectivity index (χ2v) is 6.45. The quantitative estimate of drug-likeness (QED) is 0.820. The van der Waals surface area contributed by atoms with Gasteiger partial charge < -0.3 is 10.0 Å². The van der Waals surface area contributed by atoms with Crippen molar-refractivity contribution in [2.24, 2.45) is 9.98 Å². The maximum Gasteiger partial charge on any atom is 0.139 e. The van der Waals surface area contributed by atoms with Crippen molar-refractivity contribution in [3.8, 4) is 0 Å². The first kappa shape index (κ1) is 16.3. The van der Waals surface area contributed by atoms with Gasteiger partial charge in [-0.1, -0.05) is 12.1 Å². The van der Waals surface area contributed by atoms with Crippen LogP contribution in [0, 0.1) is 5.82 Å². The molecular weight excluding hydrogens is 293 g/mol. The minimum absolute atomic E-state index is 0.139. The molecule has 1 aromatic rings. The second kappa shape index (κ2) is 7.32. The lowest BCUT2D eigenvalue weighted by atomic mass is 9.84. The van der Waals surface area contributed by atoms with E-state index in [1.807, 2.05) is 0 Å². The first-order valence-corrected chi connectivity index (χ1v) is 8.41. The third-order valence-corrected chi connectivity index (χ3v) is 4.83. The number of halogens is 1. The Balaban J connectivity index is 1.40. The minimum Gasteiger partial charge on any atom is -0.385 e. The Bertz CT molecular complexity index is 550. The molecule has 1 aromatic carbocycles. The van der Waals surface area contributed by atoms with E-state index < -0.39 is 5.60 Å². The molecule has 0 saturated carbocycles. The lowest BCUT2D eigenvalue weighted by Gasteiger charge is -2.38. The van der Waals surface area contributed by atoms with Crippen LogP contribution in [0.4, 0.5) is 4.39 Å². The van der Waals surface area contributed by atoms with Gasteiger partial charge in [0, 0.05) is 25.5 Å². The molecule has 23 heavy (non-hydrogen) atoms. The largest absolute Gasteiger partial charge is 0.385 e. The lowest BCUT2D eigenvalue weighted by molar-refractivity contribution is -0.0261. The third-order valence-electron chi connectivity index (χ3n) is 4.83. The van der Waals surface area contributed by atoms with Gasteiger partial charge in [0.05, 0.1) is 5.60 Å². The first-order chi connectivity index (χ1) is 11.2. The second-order valence-electron chi connectivity index (χ2n) is 6.45. The van der Waals surface area contributed by atoms with Crippen molar-refractivity contribution in [1.29, 1.82) is 0 Å². The summed E-state index contributed by atoms with van der Waals surface area (Å²) in [6, 6.07) is 6.25. The topological polar surface area (TPSA) is 48.2 Å². The highest BCUT2D eigenvalue weighted by atomic mass is 19.1. The van der Waals surface area contributed by atoms with Crippen molar-refractivity contribution < 1.29 is 9.50 Å². The molecule has 5 heteroatoms. The molecule has 0 radical (unpaired) electrons. The summed E-state index contributed by atoms with van der Waals surface area (Å²) in [6.07, 6.45) is 8.36. The van der Waals surface area contributed by atoms with E-state index in [9.17, 15) is 9.50 Å². The summed E-state index contributed by atoms with van der Waals surface area (Å²) in [5.74, 6) is -0.259. The normalized spacial score (nSPS) is 21.1. The van der Waals surface area contributed by atoms with Crippen molar-refractivity contribution in [2.45, 2.75) is 43.9 Å². The zero-order valence-corrected chi connectivity index (χ0v) is 13.4. The molecule has 2 heterocycles. The van der Waals surface area contributed by atoms with Crippen molar-refractivity contribution in [3.05, 3.63) is 35.6 Å². The van der Waals surface area contributed by atoms with Crippen LogP contribution in [-0.4, -0.2) is 48.2 Å². The van der Waals surface area contributed by atoms with E-state index in [0.29, 0.717) is 12.8 Å². The Morgan fingerprint density at radius 1 is 1.09 bits per heavy atom. The van der Waals surface area contributed by atoms with Gasteiger partial charge in [0.25, 0.3) is 0 Å². The first-order valence-electron chi connectivity index (χ1n) is 8.41. The lowest BCUT2D eigenvalue weighted by Crippen LogP contribution is -2.42. The summed E-state index contributed by atoms with van der Waals surface area (Å²) >= 11 is 0. The number of likely N-dealkylation sites (tertiary alicyclic amines) is 1. The molecule has 0 unspecified atom stereocenters. The Kier molecular flexibility index (Phi) is 5.18. The van der Waals surface area contributed by atoms with E-state index in [1.54, 1.807) is 24.6 Å². The van der Waals surface area contributed by atoms with Crippen molar-refractivity contribution in [1.82, 2.24) is 4.90 Å². The number of rotatable bonds is 6. The van der Waals surface area contributed by atoms with Crippen LogP contribution in [0.15, 0.2) is 34.3 Å². The predicted molar refractivity (Wildman–Crippen MR) is 90.6 cm³/mol. The highest BCUT2D eigenvalue weighted by Gasteiger charge is 2.33. The van der Waals surface area contributed by atoms with Crippen LogP contribution in [0.2, 0.25) is 0 Å². The molecule has 3 rings (SSSR count). The molecule has 0 spiro atoms. The molecule has 0 aromatic heterocycles. The fourth-order valence-corrected chi connectivity index (χ4v) is 3.32. The summed E-state index contributed by atoms with van der Waals surface area (Å²) < 4.78 is 13.0. The molecule has 2 aliphatic rings. The Labute approximate surface area is 136 Å². The predicted octanol–water partition coefficient (Wildman–Crippen LogP) is 2.76. The minimum atomic E-state index is -0.808. The van der Waals surface area contributed by atoms with Crippen LogP contribution in [0.5, 0.6) is 0 Å². The summed E-state index contributed by atoms with van der Waals surface area (Å²) in [7, 11) is 0. The Hall–Kier alpha value is -1.59. The van der Waals surface area contributed by atoms with E-state index in [0.717, 1.165) is 44.5 Å². The Morgan fingerprint density at radius 2 is 1.74 bits per heavy atom. The highest BCUT2D eigenvalue weighted by Crippen LogP contribution is 2.32.